The fraction of sp³-hybridized carbons (Fsp3) is 0.429. The van der Waals surface area contributed by atoms with Gasteiger partial charge in [-0.1, -0.05) is 74.2 Å². The third kappa shape index (κ3) is 3.73. The molecule has 0 spiro atoms. The van der Waals surface area contributed by atoms with E-state index >= 15 is 0 Å². The number of likely N-dealkylation sites (tertiary alicyclic amines) is 1. The summed E-state index contributed by atoms with van der Waals surface area (Å²) in [5, 5.41) is 1.42. The molecule has 0 saturated carbocycles. The minimum absolute atomic E-state index is 0.111. The van der Waals surface area contributed by atoms with Crippen molar-refractivity contribution in [2.24, 2.45) is 5.41 Å². The quantitative estimate of drug-likeness (QED) is 0.502. The zero-order chi connectivity index (χ0) is 23.3. The first-order valence-corrected chi connectivity index (χ1v) is 15.4. The number of hydrogen-bond acceptors (Lipinski definition) is 3. The molecule has 0 bridgehead atoms. The summed E-state index contributed by atoms with van der Waals surface area (Å²) in [5.74, 6) is 0. The van der Waals surface area contributed by atoms with E-state index in [1.54, 1.807) is 0 Å². The zero-order valence-corrected chi connectivity index (χ0v) is 22.0. The Morgan fingerprint density at radius 1 is 0.882 bits per heavy atom. The molecule has 0 unspecified atom stereocenters. The summed E-state index contributed by atoms with van der Waals surface area (Å²) in [6.07, 6.45) is 6.21. The van der Waals surface area contributed by atoms with Crippen LogP contribution in [0.5, 0.6) is 0 Å². The second kappa shape index (κ2) is 8.55. The number of benzene rings is 2. The van der Waals surface area contributed by atoms with Gasteiger partial charge in [0.25, 0.3) is 0 Å². The van der Waals surface area contributed by atoms with Crippen LogP contribution in [-0.4, -0.2) is 29.2 Å². The molecule has 1 atom stereocenters. The predicted octanol–water partition coefficient (Wildman–Crippen LogP) is 6.39. The van der Waals surface area contributed by atoms with Crippen LogP contribution >= 0.6 is 6.34 Å². The Morgan fingerprint density at radius 3 is 2.35 bits per heavy atom. The number of nitrogens with one attached hydrogen (secondary N) is 1. The Bertz CT molecular complexity index is 1200. The summed E-state index contributed by atoms with van der Waals surface area (Å²) in [5.41, 5.74) is 10.8. The SMILES string of the molecule is CC1(C)C=C2NN(c3ccccc3)[P@](=S)(N3CCc4ccccc4C3)C2=C(N2CCCCC2)C1. The highest BCUT2D eigenvalue weighted by Gasteiger charge is 2.49. The van der Waals surface area contributed by atoms with Gasteiger partial charge in [0.15, 0.2) is 6.34 Å². The maximum atomic E-state index is 6.91. The van der Waals surface area contributed by atoms with Crippen LogP contribution in [0.25, 0.3) is 0 Å². The Balaban J connectivity index is 1.53. The highest BCUT2D eigenvalue weighted by atomic mass is 32.4. The third-order valence-electron chi connectivity index (χ3n) is 7.71. The number of nitrogens with zero attached hydrogens (tertiary/aromatic N) is 3. The van der Waals surface area contributed by atoms with Crippen LogP contribution in [0, 0.1) is 5.41 Å². The summed E-state index contributed by atoms with van der Waals surface area (Å²) in [4.78, 5) is 2.68. The zero-order valence-electron chi connectivity index (χ0n) is 20.3. The lowest BCUT2D eigenvalue weighted by Gasteiger charge is -2.44. The van der Waals surface area contributed by atoms with Crippen LogP contribution in [0.15, 0.2) is 77.4 Å². The van der Waals surface area contributed by atoms with Gasteiger partial charge in [0.2, 0.25) is 0 Å². The Kier molecular flexibility index (Phi) is 5.63. The largest absolute Gasteiger partial charge is 0.374 e. The lowest BCUT2D eigenvalue weighted by Crippen LogP contribution is -2.37. The molecule has 2 fully saturated rings. The van der Waals surface area contributed by atoms with Crippen molar-refractivity contribution in [3.8, 4) is 0 Å². The Hall–Kier alpha value is -2.07. The molecule has 2 saturated heterocycles. The lowest BCUT2D eigenvalue weighted by atomic mass is 9.82. The molecule has 4 aliphatic rings. The fourth-order valence-corrected chi connectivity index (χ4v) is 10.6. The van der Waals surface area contributed by atoms with Crippen molar-refractivity contribution < 1.29 is 0 Å². The van der Waals surface area contributed by atoms with Crippen molar-refractivity contribution >= 4 is 23.8 Å². The maximum Gasteiger partial charge on any atom is 0.152 e. The first-order valence-electron chi connectivity index (χ1n) is 12.7. The first-order chi connectivity index (χ1) is 16.5. The lowest BCUT2D eigenvalue weighted by molar-refractivity contribution is 0.254. The van der Waals surface area contributed by atoms with Crippen LogP contribution in [0.2, 0.25) is 0 Å². The molecule has 6 heteroatoms. The van der Waals surface area contributed by atoms with E-state index in [1.807, 2.05) is 0 Å². The van der Waals surface area contributed by atoms with E-state index in [1.165, 1.54) is 52.8 Å². The fourth-order valence-electron chi connectivity index (χ4n) is 6.07. The van der Waals surface area contributed by atoms with Crippen molar-refractivity contribution in [1.29, 1.82) is 0 Å². The summed E-state index contributed by atoms with van der Waals surface area (Å²) in [6.45, 7) is 8.98. The Morgan fingerprint density at radius 2 is 1.59 bits per heavy atom. The maximum absolute atomic E-state index is 6.91. The molecular weight excluding hydrogens is 455 g/mol. The van der Waals surface area contributed by atoms with Crippen molar-refractivity contribution in [2.45, 2.75) is 52.5 Å². The third-order valence-corrected chi connectivity index (χ3v) is 12.5. The van der Waals surface area contributed by atoms with E-state index < -0.39 is 6.34 Å². The van der Waals surface area contributed by atoms with Crippen molar-refractivity contribution in [3.05, 3.63) is 88.5 Å². The number of hydrogen-bond donors (Lipinski definition) is 1. The number of rotatable bonds is 3. The van der Waals surface area contributed by atoms with Crippen LogP contribution in [0.3, 0.4) is 0 Å². The monoisotopic (exact) mass is 490 g/mol. The van der Waals surface area contributed by atoms with Gasteiger partial charge in [0.1, 0.15) is 0 Å². The molecule has 2 aromatic rings. The molecule has 178 valence electrons. The molecule has 1 N–H and O–H groups in total. The highest BCUT2D eigenvalue weighted by Crippen LogP contribution is 2.70. The molecule has 3 aliphatic heterocycles. The van der Waals surface area contributed by atoms with E-state index in [0.717, 1.165) is 39.0 Å². The smallest absolute Gasteiger partial charge is 0.152 e. The predicted molar refractivity (Wildman–Crippen MR) is 146 cm³/mol. The number of piperidine rings is 1. The van der Waals surface area contributed by atoms with Gasteiger partial charge in [0.05, 0.1) is 16.7 Å². The van der Waals surface area contributed by atoms with E-state index in [0.29, 0.717) is 0 Å². The van der Waals surface area contributed by atoms with Gasteiger partial charge in [-0.05, 0) is 60.8 Å². The average molecular weight is 491 g/mol. The topological polar surface area (TPSA) is 21.8 Å². The molecule has 1 aliphatic carbocycles. The summed E-state index contributed by atoms with van der Waals surface area (Å²) in [7, 11) is 0. The van der Waals surface area contributed by atoms with Crippen molar-refractivity contribution in [2.75, 3.05) is 24.4 Å². The molecule has 0 amide bonds. The molecule has 0 aromatic heterocycles. The van der Waals surface area contributed by atoms with Gasteiger partial charge in [-0.15, -0.1) is 0 Å². The molecular formula is C28H35N4PS. The minimum Gasteiger partial charge on any atom is -0.374 e. The number of para-hydroxylation sites is 1. The van der Waals surface area contributed by atoms with E-state index in [-0.39, 0.29) is 5.41 Å². The summed E-state index contributed by atoms with van der Waals surface area (Å²) in [6, 6.07) is 19.7. The van der Waals surface area contributed by atoms with Crippen LogP contribution in [-0.2, 0) is 24.8 Å². The number of allylic oxidation sites excluding steroid dienone is 3. The van der Waals surface area contributed by atoms with Gasteiger partial charge in [-0.25, -0.2) is 9.45 Å². The average Bonchev–Trinajstić information content (AvgIpc) is 3.16. The van der Waals surface area contributed by atoms with E-state index in [4.69, 9.17) is 11.8 Å². The molecule has 0 radical (unpaired) electrons. The van der Waals surface area contributed by atoms with Crippen LogP contribution in [0.1, 0.15) is 50.7 Å². The summed E-state index contributed by atoms with van der Waals surface area (Å²) < 4.78 is 5.02. The first kappa shape index (κ1) is 22.4. The van der Waals surface area contributed by atoms with E-state index in [9.17, 15) is 0 Å². The van der Waals surface area contributed by atoms with Gasteiger partial charge in [0, 0.05) is 31.9 Å². The Labute approximate surface area is 209 Å². The van der Waals surface area contributed by atoms with Gasteiger partial charge < -0.3 is 4.90 Å². The van der Waals surface area contributed by atoms with Gasteiger partial charge in [-0.3, -0.25) is 5.43 Å². The van der Waals surface area contributed by atoms with Gasteiger partial charge >= 0.3 is 0 Å². The van der Waals surface area contributed by atoms with Crippen LogP contribution < -0.4 is 10.2 Å². The number of fused-ring (bicyclic) bond motifs is 2. The van der Waals surface area contributed by atoms with Crippen molar-refractivity contribution in [3.63, 3.8) is 0 Å². The molecule has 2 aromatic carbocycles. The number of anilines is 1. The molecule has 4 nitrogen and oxygen atoms in total. The molecule has 3 heterocycles. The number of hydrazine groups is 1. The van der Waals surface area contributed by atoms with Gasteiger partial charge in [-0.2, -0.15) is 0 Å². The summed E-state index contributed by atoms with van der Waals surface area (Å²) >= 11 is 6.91. The molecule has 6 rings (SSSR count). The second-order valence-corrected chi connectivity index (χ2v) is 14.8. The highest BCUT2D eigenvalue weighted by molar-refractivity contribution is 8.16. The van der Waals surface area contributed by atoms with Crippen molar-refractivity contribution in [1.82, 2.24) is 15.0 Å². The van der Waals surface area contributed by atoms with Crippen LogP contribution in [0.4, 0.5) is 5.69 Å². The second-order valence-electron chi connectivity index (χ2n) is 10.8. The minimum atomic E-state index is -2.29. The van der Waals surface area contributed by atoms with E-state index in [2.05, 4.69) is 94.3 Å². The molecule has 34 heavy (non-hydrogen) atoms. The normalized spacial score (nSPS) is 26.6. The standard InChI is InChI=1S/C28H35N4PS/c1-28(2)19-25-27(26(20-28)30-16-9-4-10-17-30)33(34,32(29-25)24-13-5-3-6-14-24)31-18-15-22-11-7-8-12-23(22)21-31/h3,5-8,11-14,19,29H,4,9-10,15-18,20-21H2,1-2H3/t33-/m1/s1.